The van der Waals surface area contributed by atoms with E-state index in [2.05, 4.69) is 0 Å². The summed E-state index contributed by atoms with van der Waals surface area (Å²) in [7, 11) is 0. The molecule has 1 aliphatic rings. The third kappa shape index (κ3) is 8.35. The highest BCUT2D eigenvalue weighted by atomic mass is 16.6. The largest absolute Gasteiger partial charge is 0.465 e. The Morgan fingerprint density at radius 3 is 2.23 bits per heavy atom. The van der Waals surface area contributed by atoms with Gasteiger partial charge in [-0.2, -0.15) is 0 Å². The van der Waals surface area contributed by atoms with Crippen LogP contribution in [0.15, 0.2) is 30.3 Å². The molecule has 0 heterocycles. The molecule has 1 fully saturated rings. The zero-order chi connectivity index (χ0) is 22.9. The first-order valence-corrected chi connectivity index (χ1v) is 11.3. The first-order chi connectivity index (χ1) is 14.7. The molecule has 0 bridgehead atoms. The summed E-state index contributed by atoms with van der Waals surface area (Å²) in [4.78, 5) is 36.6. The van der Waals surface area contributed by atoms with Gasteiger partial charge < -0.3 is 14.2 Å². The number of rotatable bonds is 9. The van der Waals surface area contributed by atoms with Gasteiger partial charge in [-0.05, 0) is 52.4 Å². The van der Waals surface area contributed by atoms with Crippen molar-refractivity contribution >= 4 is 17.9 Å². The maximum absolute atomic E-state index is 13.0. The summed E-state index contributed by atoms with van der Waals surface area (Å²) in [6.07, 6.45) is 5.28. The zero-order valence-corrected chi connectivity index (χ0v) is 19.2. The first kappa shape index (κ1) is 24.9. The van der Waals surface area contributed by atoms with Crippen molar-refractivity contribution in [2.24, 2.45) is 11.3 Å². The second-order valence-corrected chi connectivity index (χ2v) is 9.30. The summed E-state index contributed by atoms with van der Waals surface area (Å²) in [6.45, 7) is 7.04. The molecule has 1 aliphatic carbocycles. The lowest BCUT2D eigenvalue weighted by atomic mass is 9.83. The molecule has 6 heteroatoms. The van der Waals surface area contributed by atoms with E-state index in [0.29, 0.717) is 25.0 Å². The molecule has 0 spiro atoms. The van der Waals surface area contributed by atoms with E-state index < -0.39 is 23.5 Å². The highest BCUT2D eigenvalue weighted by Crippen LogP contribution is 2.32. The van der Waals surface area contributed by atoms with E-state index in [1.165, 1.54) is 13.3 Å². The molecule has 2 atom stereocenters. The number of benzene rings is 1. The van der Waals surface area contributed by atoms with Crippen molar-refractivity contribution in [2.45, 2.75) is 84.8 Å². The highest BCUT2D eigenvalue weighted by Gasteiger charge is 2.32. The van der Waals surface area contributed by atoms with Crippen LogP contribution in [0, 0.1) is 11.3 Å². The molecule has 2 rings (SSSR count). The SMILES string of the molecule is CC(=O)O[C@H](C(=O)O[C@@H](CCCOC(=O)C(C)(C)C)C1CCCCC1)c1ccccc1. The number of carbonyl (C=O) groups excluding carboxylic acids is 3. The number of carbonyl (C=O) groups is 3. The van der Waals surface area contributed by atoms with Crippen LogP contribution in [-0.2, 0) is 28.6 Å². The number of esters is 3. The standard InChI is InChI=1S/C25H36O6/c1-18(26)30-22(20-14-9-6-10-15-20)23(27)31-21(19-12-7-5-8-13-19)16-11-17-29-24(28)25(2,3)4/h6,9-10,14-15,19,21-22H,5,7-8,11-13,16-17H2,1-4H3/t21-,22-/m0/s1. The van der Waals surface area contributed by atoms with E-state index in [9.17, 15) is 14.4 Å². The monoisotopic (exact) mass is 432 g/mol. The summed E-state index contributed by atoms with van der Waals surface area (Å²) >= 11 is 0. The summed E-state index contributed by atoms with van der Waals surface area (Å²) in [5.41, 5.74) is 0.0477. The molecule has 1 aromatic rings. The van der Waals surface area contributed by atoms with Crippen molar-refractivity contribution < 1.29 is 28.6 Å². The Morgan fingerprint density at radius 2 is 1.65 bits per heavy atom. The Bertz CT molecular complexity index is 715. The molecule has 0 radical (unpaired) electrons. The van der Waals surface area contributed by atoms with Crippen molar-refractivity contribution in [3.05, 3.63) is 35.9 Å². The van der Waals surface area contributed by atoms with Crippen LogP contribution in [0.5, 0.6) is 0 Å². The number of ether oxygens (including phenoxy) is 3. The molecule has 0 saturated heterocycles. The zero-order valence-electron chi connectivity index (χ0n) is 19.2. The lowest BCUT2D eigenvalue weighted by molar-refractivity contribution is -0.174. The lowest BCUT2D eigenvalue weighted by Crippen LogP contribution is -2.32. The Balaban J connectivity index is 2.03. The lowest BCUT2D eigenvalue weighted by Gasteiger charge is -2.31. The minimum Gasteiger partial charge on any atom is -0.465 e. The number of hydrogen-bond acceptors (Lipinski definition) is 6. The molecular weight excluding hydrogens is 396 g/mol. The molecule has 0 N–H and O–H groups in total. The normalized spacial score (nSPS) is 16.8. The first-order valence-electron chi connectivity index (χ1n) is 11.3. The van der Waals surface area contributed by atoms with Gasteiger partial charge in [-0.25, -0.2) is 4.79 Å². The van der Waals surface area contributed by atoms with Crippen molar-refractivity contribution in [1.82, 2.24) is 0 Å². The summed E-state index contributed by atoms with van der Waals surface area (Å²) in [5, 5.41) is 0. The van der Waals surface area contributed by atoms with Crippen LogP contribution in [-0.4, -0.2) is 30.6 Å². The molecule has 1 aromatic carbocycles. The molecular formula is C25H36O6. The summed E-state index contributed by atoms with van der Waals surface area (Å²) < 4.78 is 16.6. The molecule has 0 unspecified atom stereocenters. The third-order valence-electron chi connectivity index (χ3n) is 5.52. The molecule has 0 amide bonds. The molecule has 0 aromatic heterocycles. The second-order valence-electron chi connectivity index (χ2n) is 9.30. The van der Waals surface area contributed by atoms with E-state index in [1.807, 2.05) is 26.8 Å². The fourth-order valence-electron chi connectivity index (χ4n) is 3.82. The van der Waals surface area contributed by atoms with Crippen LogP contribution in [0.3, 0.4) is 0 Å². The van der Waals surface area contributed by atoms with E-state index >= 15 is 0 Å². The van der Waals surface area contributed by atoms with Gasteiger partial charge in [0.15, 0.2) is 0 Å². The molecule has 1 saturated carbocycles. The van der Waals surface area contributed by atoms with Crippen molar-refractivity contribution in [3.63, 3.8) is 0 Å². The van der Waals surface area contributed by atoms with E-state index in [-0.39, 0.29) is 18.0 Å². The van der Waals surface area contributed by atoms with Crippen molar-refractivity contribution in [3.8, 4) is 0 Å². The Kier molecular flexibility index (Phi) is 9.53. The Morgan fingerprint density at radius 1 is 1.00 bits per heavy atom. The van der Waals surface area contributed by atoms with Gasteiger partial charge in [0.05, 0.1) is 12.0 Å². The molecule has 31 heavy (non-hydrogen) atoms. The number of hydrogen-bond donors (Lipinski definition) is 0. The van der Waals surface area contributed by atoms with Crippen LogP contribution >= 0.6 is 0 Å². The second kappa shape index (κ2) is 11.9. The van der Waals surface area contributed by atoms with Gasteiger partial charge >= 0.3 is 17.9 Å². The maximum atomic E-state index is 13.0. The summed E-state index contributed by atoms with van der Waals surface area (Å²) in [5.74, 6) is -1.06. The van der Waals surface area contributed by atoms with E-state index in [4.69, 9.17) is 14.2 Å². The predicted octanol–water partition coefficient (Wildman–Crippen LogP) is 5.15. The molecule has 172 valence electrons. The van der Waals surface area contributed by atoms with Crippen LogP contribution in [0.25, 0.3) is 0 Å². The fraction of sp³-hybridized carbons (Fsp3) is 0.640. The Labute approximate surface area is 185 Å². The van der Waals surface area contributed by atoms with Crippen molar-refractivity contribution in [2.75, 3.05) is 6.61 Å². The highest BCUT2D eigenvalue weighted by molar-refractivity contribution is 5.80. The van der Waals surface area contributed by atoms with E-state index in [0.717, 1.165) is 25.7 Å². The fourth-order valence-corrected chi connectivity index (χ4v) is 3.82. The molecule has 0 aliphatic heterocycles. The van der Waals surface area contributed by atoms with Gasteiger partial charge in [-0.15, -0.1) is 0 Å². The Hall–Kier alpha value is -2.37. The summed E-state index contributed by atoms with van der Waals surface area (Å²) in [6, 6.07) is 8.92. The van der Waals surface area contributed by atoms with Gasteiger partial charge in [0.25, 0.3) is 0 Å². The third-order valence-corrected chi connectivity index (χ3v) is 5.52. The average molecular weight is 433 g/mol. The smallest absolute Gasteiger partial charge is 0.352 e. The topological polar surface area (TPSA) is 78.9 Å². The minimum absolute atomic E-state index is 0.238. The van der Waals surface area contributed by atoms with Gasteiger partial charge in [-0.3, -0.25) is 9.59 Å². The maximum Gasteiger partial charge on any atom is 0.352 e. The van der Waals surface area contributed by atoms with Gasteiger partial charge in [0.1, 0.15) is 6.10 Å². The quantitative estimate of drug-likeness (QED) is 0.305. The van der Waals surface area contributed by atoms with E-state index in [1.54, 1.807) is 24.3 Å². The van der Waals surface area contributed by atoms with Crippen LogP contribution in [0.4, 0.5) is 0 Å². The predicted molar refractivity (Wildman–Crippen MR) is 117 cm³/mol. The molecule has 6 nitrogen and oxygen atoms in total. The average Bonchev–Trinajstić information content (AvgIpc) is 2.74. The van der Waals surface area contributed by atoms with Crippen LogP contribution in [0.2, 0.25) is 0 Å². The van der Waals surface area contributed by atoms with Crippen molar-refractivity contribution in [1.29, 1.82) is 0 Å². The van der Waals surface area contributed by atoms with Crippen LogP contribution < -0.4 is 0 Å². The van der Waals surface area contributed by atoms with Gasteiger partial charge in [0.2, 0.25) is 6.10 Å². The van der Waals surface area contributed by atoms with Gasteiger partial charge in [0, 0.05) is 12.5 Å². The van der Waals surface area contributed by atoms with Gasteiger partial charge in [-0.1, -0.05) is 49.6 Å². The van der Waals surface area contributed by atoms with Crippen LogP contribution in [0.1, 0.15) is 84.3 Å². The minimum atomic E-state index is -1.08.